The summed E-state index contributed by atoms with van der Waals surface area (Å²) >= 11 is 0. The summed E-state index contributed by atoms with van der Waals surface area (Å²) in [7, 11) is 1.64. The van der Waals surface area contributed by atoms with Crippen LogP contribution in [0, 0.1) is 0 Å². The maximum absolute atomic E-state index is 11.3. The second-order valence-electron chi connectivity index (χ2n) is 6.08. The zero-order chi connectivity index (χ0) is 17.2. The van der Waals surface area contributed by atoms with Gasteiger partial charge >= 0.3 is 5.97 Å². The molecule has 4 heteroatoms. The molecule has 0 amide bonds. The van der Waals surface area contributed by atoms with E-state index in [1.807, 2.05) is 36.4 Å². The SMILES string of the molecule is C=Cc1cccc(-c2cccc(C3(OC)CNC(C(=O)O)C3)c2)c1. The van der Waals surface area contributed by atoms with Gasteiger partial charge in [-0.2, -0.15) is 0 Å². The van der Waals surface area contributed by atoms with Crippen molar-refractivity contribution in [1.29, 1.82) is 0 Å². The van der Waals surface area contributed by atoms with Gasteiger partial charge in [-0.3, -0.25) is 4.79 Å². The zero-order valence-electron chi connectivity index (χ0n) is 13.7. The van der Waals surface area contributed by atoms with Gasteiger partial charge in [-0.25, -0.2) is 0 Å². The average molecular weight is 323 g/mol. The molecule has 0 saturated carbocycles. The summed E-state index contributed by atoms with van der Waals surface area (Å²) in [6.45, 7) is 4.29. The van der Waals surface area contributed by atoms with Gasteiger partial charge in [0, 0.05) is 20.1 Å². The van der Waals surface area contributed by atoms with E-state index in [4.69, 9.17) is 4.74 Å². The Morgan fingerprint density at radius 2 is 2.00 bits per heavy atom. The van der Waals surface area contributed by atoms with Gasteiger partial charge in [0.15, 0.2) is 0 Å². The number of hydrogen-bond acceptors (Lipinski definition) is 3. The third-order valence-electron chi connectivity index (χ3n) is 4.70. The van der Waals surface area contributed by atoms with Crippen LogP contribution in [0.2, 0.25) is 0 Å². The van der Waals surface area contributed by atoms with Crippen molar-refractivity contribution in [3.05, 3.63) is 66.2 Å². The Hall–Kier alpha value is -2.43. The second-order valence-corrected chi connectivity index (χ2v) is 6.08. The van der Waals surface area contributed by atoms with E-state index in [1.165, 1.54) is 0 Å². The van der Waals surface area contributed by atoms with Crippen molar-refractivity contribution in [2.45, 2.75) is 18.1 Å². The fraction of sp³-hybridized carbons (Fsp3) is 0.250. The Bertz CT molecular complexity index is 771. The molecule has 2 N–H and O–H groups in total. The molecule has 0 aromatic heterocycles. The molecule has 2 aromatic carbocycles. The molecule has 1 heterocycles. The lowest BCUT2D eigenvalue weighted by atomic mass is 9.88. The lowest BCUT2D eigenvalue weighted by molar-refractivity contribution is -0.139. The van der Waals surface area contributed by atoms with Crippen molar-refractivity contribution in [3.63, 3.8) is 0 Å². The standard InChI is InChI=1S/C20H21NO3/c1-3-14-6-4-7-15(10-14)16-8-5-9-17(11-16)20(24-2)12-18(19(22)23)21-13-20/h3-11,18,21H,1,12-13H2,2H3,(H,22,23). The highest BCUT2D eigenvalue weighted by atomic mass is 16.5. The average Bonchev–Trinajstić information content (AvgIpc) is 3.08. The monoisotopic (exact) mass is 323 g/mol. The first kappa shape index (κ1) is 16.4. The number of nitrogens with one attached hydrogen (secondary N) is 1. The molecule has 2 unspecified atom stereocenters. The molecular weight excluding hydrogens is 302 g/mol. The zero-order valence-corrected chi connectivity index (χ0v) is 13.7. The van der Waals surface area contributed by atoms with E-state index in [0.717, 1.165) is 22.3 Å². The Morgan fingerprint density at radius 3 is 2.62 bits per heavy atom. The molecule has 2 aromatic rings. The Kier molecular flexibility index (Phi) is 4.51. The summed E-state index contributed by atoms with van der Waals surface area (Å²) in [6, 6.07) is 15.7. The fourth-order valence-corrected chi connectivity index (χ4v) is 3.26. The maximum atomic E-state index is 11.3. The van der Waals surface area contributed by atoms with E-state index < -0.39 is 17.6 Å². The third kappa shape index (κ3) is 2.98. The number of carboxylic acid groups (broad SMARTS) is 1. The smallest absolute Gasteiger partial charge is 0.320 e. The minimum Gasteiger partial charge on any atom is -0.480 e. The van der Waals surface area contributed by atoms with E-state index >= 15 is 0 Å². The predicted molar refractivity (Wildman–Crippen MR) is 94.7 cm³/mol. The Balaban J connectivity index is 1.97. The van der Waals surface area contributed by atoms with Crippen molar-refractivity contribution in [2.75, 3.05) is 13.7 Å². The minimum atomic E-state index is -0.844. The van der Waals surface area contributed by atoms with Gasteiger partial charge in [-0.05, 0) is 34.4 Å². The molecule has 0 bridgehead atoms. The van der Waals surface area contributed by atoms with Crippen LogP contribution >= 0.6 is 0 Å². The Morgan fingerprint density at radius 1 is 1.29 bits per heavy atom. The second kappa shape index (κ2) is 6.59. The summed E-state index contributed by atoms with van der Waals surface area (Å²) in [5.74, 6) is -0.844. The number of hydrogen-bond donors (Lipinski definition) is 2. The van der Waals surface area contributed by atoms with Gasteiger partial charge in [-0.1, -0.05) is 49.1 Å². The number of benzene rings is 2. The topological polar surface area (TPSA) is 58.6 Å². The lowest BCUT2D eigenvalue weighted by Crippen LogP contribution is -2.31. The normalized spacial score (nSPS) is 23.1. The van der Waals surface area contributed by atoms with Gasteiger partial charge in [0.1, 0.15) is 11.6 Å². The number of rotatable bonds is 5. The maximum Gasteiger partial charge on any atom is 0.320 e. The van der Waals surface area contributed by atoms with Crippen LogP contribution in [0.1, 0.15) is 17.5 Å². The minimum absolute atomic E-state index is 0.412. The van der Waals surface area contributed by atoms with Crippen LogP contribution in [0.4, 0.5) is 0 Å². The van der Waals surface area contributed by atoms with Crippen LogP contribution in [0.3, 0.4) is 0 Å². The van der Waals surface area contributed by atoms with Crippen LogP contribution in [-0.4, -0.2) is 30.8 Å². The summed E-state index contributed by atoms with van der Waals surface area (Å²) in [5, 5.41) is 12.3. The number of ether oxygens (including phenoxy) is 1. The van der Waals surface area contributed by atoms with Gasteiger partial charge in [-0.15, -0.1) is 0 Å². The first-order valence-corrected chi connectivity index (χ1v) is 7.93. The largest absolute Gasteiger partial charge is 0.480 e. The third-order valence-corrected chi connectivity index (χ3v) is 4.70. The summed E-state index contributed by atoms with van der Waals surface area (Å²) in [5.41, 5.74) is 3.61. The highest BCUT2D eigenvalue weighted by Crippen LogP contribution is 2.36. The number of methoxy groups -OCH3 is 1. The molecule has 1 fully saturated rings. The van der Waals surface area contributed by atoms with Crippen molar-refractivity contribution < 1.29 is 14.6 Å². The molecule has 4 nitrogen and oxygen atoms in total. The molecule has 124 valence electrons. The van der Waals surface area contributed by atoms with Gasteiger partial charge in [0.25, 0.3) is 0 Å². The quantitative estimate of drug-likeness (QED) is 0.886. The predicted octanol–water partition coefficient (Wildman–Crippen LogP) is 3.28. The highest BCUT2D eigenvalue weighted by Gasteiger charge is 2.43. The van der Waals surface area contributed by atoms with Crippen LogP contribution in [0.5, 0.6) is 0 Å². The molecule has 0 radical (unpaired) electrons. The molecule has 1 saturated heterocycles. The van der Waals surface area contributed by atoms with Crippen LogP contribution in [0.15, 0.2) is 55.1 Å². The Labute approximate surface area is 141 Å². The van der Waals surface area contributed by atoms with Crippen LogP contribution in [-0.2, 0) is 15.1 Å². The first-order chi connectivity index (χ1) is 11.6. The molecule has 24 heavy (non-hydrogen) atoms. The van der Waals surface area contributed by atoms with E-state index in [1.54, 1.807) is 7.11 Å². The molecule has 0 aliphatic carbocycles. The van der Waals surface area contributed by atoms with Gasteiger partial charge in [0.2, 0.25) is 0 Å². The van der Waals surface area contributed by atoms with Crippen molar-refractivity contribution in [1.82, 2.24) is 5.32 Å². The number of aliphatic carboxylic acids is 1. The summed E-state index contributed by atoms with van der Waals surface area (Å²) in [6.07, 6.45) is 2.23. The number of carbonyl (C=O) groups is 1. The van der Waals surface area contributed by atoms with Crippen molar-refractivity contribution in [2.24, 2.45) is 0 Å². The molecule has 0 spiro atoms. The summed E-state index contributed by atoms with van der Waals surface area (Å²) < 4.78 is 5.76. The van der Waals surface area contributed by atoms with E-state index in [0.29, 0.717) is 13.0 Å². The molecular formula is C20H21NO3. The van der Waals surface area contributed by atoms with Crippen molar-refractivity contribution >= 4 is 12.0 Å². The van der Waals surface area contributed by atoms with E-state index in [-0.39, 0.29) is 0 Å². The molecule has 2 atom stereocenters. The number of carboxylic acids is 1. The van der Waals surface area contributed by atoms with E-state index in [2.05, 4.69) is 30.1 Å². The van der Waals surface area contributed by atoms with Gasteiger partial charge in [0.05, 0.1) is 0 Å². The highest BCUT2D eigenvalue weighted by molar-refractivity contribution is 5.74. The first-order valence-electron chi connectivity index (χ1n) is 7.93. The van der Waals surface area contributed by atoms with Gasteiger partial charge < -0.3 is 15.2 Å². The van der Waals surface area contributed by atoms with Crippen LogP contribution in [0.25, 0.3) is 17.2 Å². The molecule has 1 aliphatic rings. The molecule has 3 rings (SSSR count). The van der Waals surface area contributed by atoms with Crippen molar-refractivity contribution in [3.8, 4) is 11.1 Å². The lowest BCUT2D eigenvalue weighted by Gasteiger charge is -2.28. The van der Waals surface area contributed by atoms with E-state index in [9.17, 15) is 9.90 Å². The summed E-state index contributed by atoms with van der Waals surface area (Å²) in [4.78, 5) is 11.3. The fourth-order valence-electron chi connectivity index (χ4n) is 3.26. The van der Waals surface area contributed by atoms with Crippen LogP contribution < -0.4 is 5.32 Å². The molecule has 1 aliphatic heterocycles.